The molecule has 2 aromatic heterocycles. The Morgan fingerprint density at radius 3 is 2.56 bits per heavy atom. The highest BCUT2D eigenvalue weighted by molar-refractivity contribution is 8.00. The average Bonchev–Trinajstić information content (AvgIpc) is 3.10. The maximum Gasteiger partial charge on any atom is 0.262 e. The number of hydrogen-bond donors (Lipinski definition) is 0. The third-order valence-corrected chi connectivity index (χ3v) is 5.67. The standard InChI is InChI=1S/C19H15ClN4O2S/c1-11(16(25)12-7-9-13(20)10-8-12)27-19-22-21-18-23(2)17(26)14-5-3-4-6-15(14)24(18)19/h3-11H,1-2H3. The quantitative estimate of drug-likeness (QED) is 0.388. The van der Waals surface area contributed by atoms with Crippen molar-refractivity contribution in [3.63, 3.8) is 0 Å². The average molecular weight is 399 g/mol. The van der Waals surface area contributed by atoms with Crippen LogP contribution in [-0.2, 0) is 7.05 Å². The second-order valence-corrected chi connectivity index (χ2v) is 7.87. The van der Waals surface area contributed by atoms with E-state index in [0.29, 0.717) is 32.4 Å². The lowest BCUT2D eigenvalue weighted by Crippen LogP contribution is -2.20. The van der Waals surface area contributed by atoms with Gasteiger partial charge in [0.15, 0.2) is 10.9 Å². The Morgan fingerprint density at radius 2 is 1.81 bits per heavy atom. The summed E-state index contributed by atoms with van der Waals surface area (Å²) in [6.07, 6.45) is 0. The number of aromatic nitrogens is 4. The molecule has 136 valence electrons. The molecular formula is C19H15ClN4O2S. The number of carbonyl (C=O) groups excluding carboxylic acids is 1. The van der Waals surface area contributed by atoms with Gasteiger partial charge in [-0.2, -0.15) is 0 Å². The molecule has 0 N–H and O–H groups in total. The van der Waals surface area contributed by atoms with Crippen LogP contribution in [-0.4, -0.2) is 30.2 Å². The van der Waals surface area contributed by atoms with Gasteiger partial charge in [-0.3, -0.25) is 18.6 Å². The summed E-state index contributed by atoms with van der Waals surface area (Å²) in [7, 11) is 1.66. The summed E-state index contributed by atoms with van der Waals surface area (Å²) in [6, 6.07) is 14.1. The van der Waals surface area contributed by atoms with E-state index >= 15 is 0 Å². The SMILES string of the molecule is CC(Sc1nnc2n(C)c(=O)c3ccccc3n12)C(=O)c1ccc(Cl)cc1. The van der Waals surface area contributed by atoms with Crippen LogP contribution in [0, 0.1) is 0 Å². The first-order valence-corrected chi connectivity index (χ1v) is 9.52. The van der Waals surface area contributed by atoms with Crippen LogP contribution >= 0.6 is 23.4 Å². The number of thioether (sulfide) groups is 1. The summed E-state index contributed by atoms with van der Waals surface area (Å²) in [5.74, 6) is 0.412. The molecule has 27 heavy (non-hydrogen) atoms. The number of carbonyl (C=O) groups is 1. The van der Waals surface area contributed by atoms with Gasteiger partial charge in [0.25, 0.3) is 5.56 Å². The van der Waals surface area contributed by atoms with Crippen molar-refractivity contribution in [2.24, 2.45) is 7.05 Å². The van der Waals surface area contributed by atoms with Crippen molar-refractivity contribution in [2.45, 2.75) is 17.3 Å². The van der Waals surface area contributed by atoms with E-state index < -0.39 is 0 Å². The van der Waals surface area contributed by atoms with Crippen molar-refractivity contribution in [1.29, 1.82) is 0 Å². The molecule has 4 rings (SSSR count). The Kier molecular flexibility index (Phi) is 4.49. The van der Waals surface area contributed by atoms with Crippen molar-refractivity contribution < 1.29 is 4.79 Å². The topological polar surface area (TPSA) is 69.3 Å². The fraction of sp³-hybridized carbons (Fsp3) is 0.158. The van der Waals surface area contributed by atoms with Gasteiger partial charge in [-0.05, 0) is 43.3 Å². The lowest BCUT2D eigenvalue weighted by Gasteiger charge is -2.11. The van der Waals surface area contributed by atoms with E-state index in [9.17, 15) is 9.59 Å². The highest BCUT2D eigenvalue weighted by Gasteiger charge is 2.21. The zero-order valence-corrected chi connectivity index (χ0v) is 16.2. The molecule has 0 bridgehead atoms. The summed E-state index contributed by atoms with van der Waals surface area (Å²) in [5.41, 5.74) is 1.17. The van der Waals surface area contributed by atoms with Gasteiger partial charge < -0.3 is 0 Å². The Morgan fingerprint density at radius 1 is 1.11 bits per heavy atom. The van der Waals surface area contributed by atoms with E-state index in [0.717, 1.165) is 0 Å². The zero-order valence-electron chi connectivity index (χ0n) is 14.6. The van der Waals surface area contributed by atoms with Gasteiger partial charge in [0, 0.05) is 17.6 Å². The molecule has 0 saturated carbocycles. The fourth-order valence-corrected chi connectivity index (χ4v) is 4.01. The molecule has 6 nitrogen and oxygen atoms in total. The molecule has 0 aliphatic rings. The van der Waals surface area contributed by atoms with Crippen molar-refractivity contribution in [3.8, 4) is 0 Å². The summed E-state index contributed by atoms with van der Waals surface area (Å²) < 4.78 is 3.28. The van der Waals surface area contributed by atoms with Crippen molar-refractivity contribution >= 4 is 45.8 Å². The molecule has 8 heteroatoms. The van der Waals surface area contributed by atoms with Gasteiger partial charge in [0.2, 0.25) is 5.78 Å². The molecule has 0 aliphatic heterocycles. The largest absolute Gasteiger partial charge is 0.293 e. The van der Waals surface area contributed by atoms with E-state index in [4.69, 9.17) is 11.6 Å². The third-order valence-electron chi connectivity index (χ3n) is 4.38. The summed E-state index contributed by atoms with van der Waals surface area (Å²) in [4.78, 5) is 25.2. The number of fused-ring (bicyclic) bond motifs is 3. The normalized spacial score (nSPS) is 12.6. The van der Waals surface area contributed by atoms with Crippen molar-refractivity contribution in [2.75, 3.05) is 0 Å². The van der Waals surface area contributed by atoms with Crippen molar-refractivity contribution in [3.05, 3.63) is 69.5 Å². The number of para-hydroxylation sites is 1. The van der Waals surface area contributed by atoms with E-state index in [1.807, 2.05) is 29.5 Å². The van der Waals surface area contributed by atoms with E-state index in [1.54, 1.807) is 37.4 Å². The Balaban J connectivity index is 1.77. The molecule has 1 unspecified atom stereocenters. The lowest BCUT2D eigenvalue weighted by molar-refractivity contribution is 0.0994. The van der Waals surface area contributed by atoms with Crippen LogP contribution in [0.2, 0.25) is 5.02 Å². The maximum atomic E-state index is 12.7. The highest BCUT2D eigenvalue weighted by Crippen LogP contribution is 2.27. The highest BCUT2D eigenvalue weighted by atomic mass is 35.5. The molecule has 2 aromatic carbocycles. The zero-order chi connectivity index (χ0) is 19.1. The number of hydrogen-bond acceptors (Lipinski definition) is 5. The molecule has 0 radical (unpaired) electrons. The number of halogens is 1. The molecule has 0 fully saturated rings. The summed E-state index contributed by atoms with van der Waals surface area (Å²) >= 11 is 7.20. The number of aryl methyl sites for hydroxylation is 1. The minimum absolute atomic E-state index is 0.0254. The monoisotopic (exact) mass is 398 g/mol. The van der Waals surface area contributed by atoms with Crippen molar-refractivity contribution in [1.82, 2.24) is 19.2 Å². The molecule has 0 amide bonds. The van der Waals surface area contributed by atoms with Crippen LogP contribution in [0.5, 0.6) is 0 Å². The Bertz CT molecular complexity index is 1230. The first-order chi connectivity index (χ1) is 13.0. The maximum absolute atomic E-state index is 12.7. The molecule has 1 atom stereocenters. The summed E-state index contributed by atoms with van der Waals surface area (Å²) in [5, 5.41) is 9.71. The summed E-state index contributed by atoms with van der Waals surface area (Å²) in [6.45, 7) is 1.83. The van der Waals surface area contributed by atoms with Gasteiger partial charge in [-0.25, -0.2) is 0 Å². The molecule has 0 aliphatic carbocycles. The predicted molar refractivity (Wildman–Crippen MR) is 107 cm³/mol. The van der Waals surface area contributed by atoms with Crippen LogP contribution in [0.15, 0.2) is 58.5 Å². The first kappa shape index (κ1) is 17.8. The number of Topliss-reactive ketones (excluding diaryl/α,β-unsaturated/α-hetero) is 1. The number of benzene rings is 2. The second-order valence-electron chi connectivity index (χ2n) is 6.13. The second kappa shape index (κ2) is 6.83. The smallest absolute Gasteiger partial charge is 0.262 e. The van der Waals surface area contributed by atoms with Gasteiger partial charge >= 0.3 is 0 Å². The van der Waals surface area contributed by atoms with Gasteiger partial charge in [-0.15, -0.1) is 10.2 Å². The van der Waals surface area contributed by atoms with Crippen LogP contribution in [0.4, 0.5) is 0 Å². The van der Waals surface area contributed by atoms with Crippen LogP contribution < -0.4 is 5.56 Å². The predicted octanol–water partition coefficient (Wildman–Crippen LogP) is 3.60. The van der Waals surface area contributed by atoms with E-state index in [1.165, 1.54) is 16.3 Å². The molecular weight excluding hydrogens is 384 g/mol. The Hall–Kier alpha value is -2.64. The number of rotatable bonds is 4. The molecule has 2 heterocycles. The fourth-order valence-electron chi connectivity index (χ4n) is 2.95. The van der Waals surface area contributed by atoms with Gasteiger partial charge in [0.05, 0.1) is 16.2 Å². The Labute approximate surface area is 163 Å². The molecule has 0 spiro atoms. The minimum Gasteiger partial charge on any atom is -0.293 e. The minimum atomic E-state index is -0.380. The van der Waals surface area contributed by atoms with Gasteiger partial charge in [0.1, 0.15) is 0 Å². The molecule has 4 aromatic rings. The number of nitrogens with zero attached hydrogens (tertiary/aromatic N) is 4. The molecule has 0 saturated heterocycles. The first-order valence-electron chi connectivity index (χ1n) is 8.26. The van der Waals surface area contributed by atoms with Crippen LogP contribution in [0.3, 0.4) is 0 Å². The van der Waals surface area contributed by atoms with E-state index in [-0.39, 0.29) is 16.6 Å². The third kappa shape index (κ3) is 3.02. The van der Waals surface area contributed by atoms with Crippen LogP contribution in [0.25, 0.3) is 16.7 Å². The van der Waals surface area contributed by atoms with E-state index in [2.05, 4.69) is 10.2 Å². The number of ketones is 1. The van der Waals surface area contributed by atoms with Crippen LogP contribution in [0.1, 0.15) is 17.3 Å². The van der Waals surface area contributed by atoms with Gasteiger partial charge in [-0.1, -0.05) is 35.5 Å². The lowest BCUT2D eigenvalue weighted by atomic mass is 10.1.